The lowest BCUT2D eigenvalue weighted by Gasteiger charge is -2.23. The summed E-state index contributed by atoms with van der Waals surface area (Å²) in [7, 11) is 0. The molecule has 2 aliphatic rings. The number of hydrogen-bond donors (Lipinski definition) is 2. The number of amides is 1. The summed E-state index contributed by atoms with van der Waals surface area (Å²) in [6.45, 7) is 5.28. The van der Waals surface area contributed by atoms with Crippen LogP contribution in [0.4, 0.5) is 0 Å². The van der Waals surface area contributed by atoms with E-state index in [1.807, 2.05) is 0 Å². The van der Waals surface area contributed by atoms with E-state index < -0.39 is 0 Å². The summed E-state index contributed by atoms with van der Waals surface area (Å²) < 4.78 is 0. The topological polar surface area (TPSA) is 41.1 Å². The van der Waals surface area contributed by atoms with E-state index in [4.69, 9.17) is 0 Å². The van der Waals surface area contributed by atoms with Crippen LogP contribution in [0.5, 0.6) is 0 Å². The first kappa shape index (κ1) is 16.8. The Hall–Kier alpha value is -0.580. The lowest BCUT2D eigenvalue weighted by atomic mass is 9.88. The largest absolute Gasteiger partial charge is 0.352 e. The van der Waals surface area contributed by atoms with Gasteiger partial charge >= 0.3 is 0 Å². The normalized spacial score (nSPS) is 24.8. The second kappa shape index (κ2) is 7.61. The standard InChI is InChI=1S/C16H24N2OS.ClH/c1-11-4-5-13-14(10-20-15(13)7-11)16(19)18-9-12-3-2-6-17-8-12;/h10-12,17H,2-9H2,1H3,(H,18,19);1H. The van der Waals surface area contributed by atoms with Crippen LogP contribution >= 0.6 is 23.7 Å². The van der Waals surface area contributed by atoms with E-state index in [9.17, 15) is 4.79 Å². The molecule has 1 aliphatic heterocycles. The molecule has 0 aromatic carbocycles. The third kappa shape index (κ3) is 3.99. The fourth-order valence-electron chi connectivity index (χ4n) is 3.30. The van der Waals surface area contributed by atoms with Crippen LogP contribution in [-0.2, 0) is 12.8 Å². The van der Waals surface area contributed by atoms with Gasteiger partial charge in [-0.1, -0.05) is 6.92 Å². The Morgan fingerprint density at radius 2 is 2.33 bits per heavy atom. The van der Waals surface area contributed by atoms with Crippen molar-refractivity contribution < 1.29 is 4.79 Å². The van der Waals surface area contributed by atoms with Crippen molar-refractivity contribution in [3.63, 3.8) is 0 Å². The molecule has 3 rings (SSSR count). The number of thiophene rings is 1. The highest BCUT2D eigenvalue weighted by molar-refractivity contribution is 7.10. The van der Waals surface area contributed by atoms with Gasteiger partial charge in [0, 0.05) is 16.8 Å². The molecule has 2 N–H and O–H groups in total. The van der Waals surface area contributed by atoms with Crippen LogP contribution in [0.25, 0.3) is 0 Å². The summed E-state index contributed by atoms with van der Waals surface area (Å²) in [5.74, 6) is 1.51. The third-order valence-electron chi connectivity index (χ3n) is 4.60. The first-order valence-electron chi connectivity index (χ1n) is 7.82. The molecule has 0 saturated carbocycles. The molecule has 2 atom stereocenters. The second-order valence-corrected chi connectivity index (χ2v) is 7.29. The van der Waals surface area contributed by atoms with Crippen molar-refractivity contribution in [2.75, 3.05) is 19.6 Å². The molecule has 0 spiro atoms. The highest BCUT2D eigenvalue weighted by Gasteiger charge is 2.23. The summed E-state index contributed by atoms with van der Waals surface area (Å²) >= 11 is 1.77. The summed E-state index contributed by atoms with van der Waals surface area (Å²) in [5, 5.41) is 8.61. The van der Waals surface area contributed by atoms with E-state index in [1.165, 1.54) is 29.7 Å². The summed E-state index contributed by atoms with van der Waals surface area (Å²) in [6, 6.07) is 0. The second-order valence-electron chi connectivity index (χ2n) is 6.32. The number of carbonyl (C=O) groups is 1. The van der Waals surface area contributed by atoms with Crippen molar-refractivity contribution in [1.82, 2.24) is 10.6 Å². The van der Waals surface area contributed by atoms with Gasteiger partial charge in [0.15, 0.2) is 0 Å². The average Bonchev–Trinajstić information content (AvgIpc) is 2.89. The van der Waals surface area contributed by atoms with E-state index in [1.54, 1.807) is 11.3 Å². The fraction of sp³-hybridized carbons (Fsp3) is 0.688. The summed E-state index contributed by atoms with van der Waals surface area (Å²) in [6.07, 6.45) is 5.91. The number of carbonyl (C=O) groups excluding carboxylic acids is 1. The van der Waals surface area contributed by atoms with Crippen molar-refractivity contribution in [1.29, 1.82) is 0 Å². The molecule has 1 fully saturated rings. The highest BCUT2D eigenvalue weighted by atomic mass is 35.5. The molecule has 0 radical (unpaired) electrons. The van der Waals surface area contributed by atoms with E-state index in [0.717, 1.165) is 44.0 Å². The van der Waals surface area contributed by atoms with Gasteiger partial charge in [0.25, 0.3) is 5.91 Å². The lowest BCUT2D eigenvalue weighted by Crippen LogP contribution is -2.38. The number of rotatable bonds is 3. The Bertz CT molecular complexity index is 483. The van der Waals surface area contributed by atoms with Gasteiger partial charge < -0.3 is 10.6 Å². The van der Waals surface area contributed by atoms with Gasteiger partial charge in [-0.3, -0.25) is 4.79 Å². The molecule has 1 saturated heterocycles. The van der Waals surface area contributed by atoms with Gasteiger partial charge in [-0.05, 0) is 62.6 Å². The zero-order valence-corrected chi connectivity index (χ0v) is 14.2. The van der Waals surface area contributed by atoms with E-state index in [0.29, 0.717) is 5.92 Å². The molecule has 1 amide bonds. The fourth-order valence-corrected chi connectivity index (χ4v) is 4.54. The predicted octanol–water partition coefficient (Wildman–Crippen LogP) is 3.02. The number of piperidine rings is 1. The molecular weight excluding hydrogens is 304 g/mol. The lowest BCUT2D eigenvalue weighted by molar-refractivity contribution is 0.0944. The van der Waals surface area contributed by atoms with E-state index in [2.05, 4.69) is 22.9 Å². The van der Waals surface area contributed by atoms with Crippen molar-refractivity contribution >= 4 is 29.7 Å². The quantitative estimate of drug-likeness (QED) is 0.895. The maximum atomic E-state index is 12.4. The van der Waals surface area contributed by atoms with Crippen molar-refractivity contribution in [2.45, 2.75) is 39.0 Å². The van der Waals surface area contributed by atoms with Crippen molar-refractivity contribution in [2.24, 2.45) is 11.8 Å². The first-order chi connectivity index (χ1) is 9.74. The zero-order valence-electron chi connectivity index (χ0n) is 12.6. The van der Waals surface area contributed by atoms with E-state index >= 15 is 0 Å². The maximum Gasteiger partial charge on any atom is 0.252 e. The van der Waals surface area contributed by atoms with Crippen LogP contribution in [0.15, 0.2) is 5.38 Å². The number of nitrogens with one attached hydrogen (secondary N) is 2. The molecule has 1 aromatic rings. The highest BCUT2D eigenvalue weighted by Crippen LogP contribution is 2.32. The van der Waals surface area contributed by atoms with E-state index in [-0.39, 0.29) is 18.3 Å². The number of halogens is 1. The summed E-state index contributed by atoms with van der Waals surface area (Å²) in [5.41, 5.74) is 2.27. The van der Waals surface area contributed by atoms with Gasteiger partial charge in [-0.15, -0.1) is 23.7 Å². The third-order valence-corrected chi connectivity index (χ3v) is 5.65. The Labute approximate surface area is 137 Å². The minimum absolute atomic E-state index is 0. The van der Waals surface area contributed by atoms with Crippen LogP contribution in [0.3, 0.4) is 0 Å². The van der Waals surface area contributed by atoms with Gasteiger partial charge in [0.05, 0.1) is 5.56 Å². The molecule has 21 heavy (non-hydrogen) atoms. The Balaban J connectivity index is 0.00000161. The number of fused-ring (bicyclic) bond motifs is 1. The average molecular weight is 329 g/mol. The Morgan fingerprint density at radius 3 is 3.10 bits per heavy atom. The van der Waals surface area contributed by atoms with Crippen molar-refractivity contribution in [3.8, 4) is 0 Å². The predicted molar refractivity (Wildman–Crippen MR) is 90.7 cm³/mol. The molecule has 5 heteroatoms. The minimum Gasteiger partial charge on any atom is -0.352 e. The van der Waals surface area contributed by atoms with Crippen LogP contribution in [-0.4, -0.2) is 25.5 Å². The molecule has 2 heterocycles. The smallest absolute Gasteiger partial charge is 0.252 e. The van der Waals surface area contributed by atoms with Crippen LogP contribution < -0.4 is 10.6 Å². The zero-order chi connectivity index (χ0) is 13.9. The van der Waals surface area contributed by atoms with Crippen molar-refractivity contribution in [3.05, 3.63) is 21.4 Å². The molecule has 118 valence electrons. The molecule has 3 nitrogen and oxygen atoms in total. The van der Waals surface area contributed by atoms with Crippen LogP contribution in [0.1, 0.15) is 47.0 Å². The molecule has 1 aliphatic carbocycles. The van der Waals surface area contributed by atoms with Crippen LogP contribution in [0, 0.1) is 11.8 Å². The molecule has 1 aromatic heterocycles. The van der Waals surface area contributed by atoms with Gasteiger partial charge in [-0.2, -0.15) is 0 Å². The first-order valence-corrected chi connectivity index (χ1v) is 8.70. The Kier molecular flexibility index (Phi) is 6.08. The van der Waals surface area contributed by atoms with Gasteiger partial charge in [-0.25, -0.2) is 0 Å². The minimum atomic E-state index is 0. The van der Waals surface area contributed by atoms with Gasteiger partial charge in [0.2, 0.25) is 0 Å². The molecular formula is C16H25ClN2OS. The summed E-state index contributed by atoms with van der Waals surface area (Å²) in [4.78, 5) is 13.8. The van der Waals surface area contributed by atoms with Crippen LogP contribution in [0.2, 0.25) is 0 Å². The monoisotopic (exact) mass is 328 g/mol. The SMILES string of the molecule is CC1CCc2c(C(=O)NCC3CCCNC3)csc2C1.Cl. The molecule has 2 unspecified atom stereocenters. The molecule has 0 bridgehead atoms. The Morgan fingerprint density at radius 1 is 1.48 bits per heavy atom. The van der Waals surface area contributed by atoms with Gasteiger partial charge in [0.1, 0.15) is 0 Å². The maximum absolute atomic E-state index is 12.4. The number of hydrogen-bond acceptors (Lipinski definition) is 3.